The number of halogens is 2. The molecular formula is C28H34BrClN4O3. The molecule has 37 heavy (non-hydrogen) atoms. The molecule has 2 N–H and O–H groups in total. The Bertz CT molecular complexity index is 1100. The van der Waals surface area contributed by atoms with Crippen LogP contribution in [0.15, 0.2) is 59.1 Å². The standard InChI is InChI=1S/C28H33BrN4O3.ClH/c29-23-10-8-21(9-11-23)19-33-26(35)28(31-27(33)36)13-16-32(17-14-28)15-12-24(22-4-2-1-3-5-22)30-25(34)18-20-6-7-20;/h1-5,8-11,20,24H,6-7,12-19H2,(H,30,34)(H,31,36);1H/t24-;/m0./s1. The lowest BCUT2D eigenvalue weighted by molar-refractivity contribution is -0.133. The summed E-state index contributed by atoms with van der Waals surface area (Å²) < 4.78 is 0.962. The Kier molecular flexibility index (Phi) is 8.93. The lowest BCUT2D eigenvalue weighted by Gasteiger charge is -2.37. The van der Waals surface area contributed by atoms with Crippen LogP contribution < -0.4 is 10.6 Å². The summed E-state index contributed by atoms with van der Waals surface area (Å²) in [4.78, 5) is 42.2. The highest BCUT2D eigenvalue weighted by molar-refractivity contribution is 9.10. The van der Waals surface area contributed by atoms with Crippen molar-refractivity contribution in [2.24, 2.45) is 5.92 Å². The third-order valence-corrected chi connectivity index (χ3v) is 8.18. The molecule has 3 fully saturated rings. The summed E-state index contributed by atoms with van der Waals surface area (Å²) in [6, 6.07) is 17.5. The number of rotatable bonds is 9. The van der Waals surface area contributed by atoms with Gasteiger partial charge in [-0.1, -0.05) is 58.4 Å². The van der Waals surface area contributed by atoms with Crippen LogP contribution in [0.2, 0.25) is 0 Å². The maximum Gasteiger partial charge on any atom is 0.325 e. The highest BCUT2D eigenvalue weighted by atomic mass is 79.9. The number of benzene rings is 2. The van der Waals surface area contributed by atoms with Crippen molar-refractivity contribution in [2.75, 3.05) is 19.6 Å². The number of piperidine rings is 1. The average Bonchev–Trinajstić information content (AvgIpc) is 3.67. The van der Waals surface area contributed by atoms with Crippen molar-refractivity contribution in [1.82, 2.24) is 20.4 Å². The minimum atomic E-state index is -0.805. The second-order valence-electron chi connectivity index (χ2n) is 10.3. The highest BCUT2D eigenvalue weighted by Crippen LogP contribution is 2.33. The smallest absolute Gasteiger partial charge is 0.325 e. The van der Waals surface area contributed by atoms with E-state index < -0.39 is 5.54 Å². The van der Waals surface area contributed by atoms with Crippen molar-refractivity contribution < 1.29 is 14.4 Å². The van der Waals surface area contributed by atoms with Gasteiger partial charge in [-0.3, -0.25) is 14.5 Å². The molecular weight excluding hydrogens is 556 g/mol. The fourth-order valence-corrected chi connectivity index (χ4v) is 5.51. The summed E-state index contributed by atoms with van der Waals surface area (Å²) in [5.41, 5.74) is 1.24. The van der Waals surface area contributed by atoms with E-state index in [2.05, 4.69) is 43.6 Å². The van der Waals surface area contributed by atoms with Gasteiger partial charge in [-0.25, -0.2) is 4.79 Å². The van der Waals surface area contributed by atoms with Gasteiger partial charge in [0.1, 0.15) is 5.54 Å². The zero-order valence-corrected chi connectivity index (χ0v) is 23.2. The van der Waals surface area contributed by atoms with Gasteiger partial charge in [-0.15, -0.1) is 12.4 Å². The van der Waals surface area contributed by atoms with Gasteiger partial charge in [0.05, 0.1) is 12.6 Å². The number of hydrogen-bond acceptors (Lipinski definition) is 4. The lowest BCUT2D eigenvalue weighted by Crippen LogP contribution is -2.55. The minimum Gasteiger partial charge on any atom is -0.349 e. The Morgan fingerprint density at radius 1 is 1.05 bits per heavy atom. The molecule has 4 amide bonds. The largest absolute Gasteiger partial charge is 0.349 e. The van der Waals surface area contributed by atoms with Crippen LogP contribution in [0.3, 0.4) is 0 Å². The molecule has 1 aliphatic carbocycles. The van der Waals surface area contributed by atoms with E-state index in [1.54, 1.807) is 0 Å². The molecule has 2 saturated heterocycles. The topological polar surface area (TPSA) is 81.8 Å². The third kappa shape index (κ3) is 6.72. The Morgan fingerprint density at radius 3 is 2.38 bits per heavy atom. The van der Waals surface area contributed by atoms with E-state index in [9.17, 15) is 14.4 Å². The van der Waals surface area contributed by atoms with E-state index in [4.69, 9.17) is 0 Å². The van der Waals surface area contributed by atoms with Crippen LogP contribution in [-0.4, -0.2) is 52.8 Å². The number of nitrogens with zero attached hydrogens (tertiary/aromatic N) is 2. The van der Waals surface area contributed by atoms with Crippen molar-refractivity contribution >= 4 is 46.2 Å². The Hall–Kier alpha value is -2.42. The predicted octanol–water partition coefficient (Wildman–Crippen LogP) is 4.81. The second-order valence-corrected chi connectivity index (χ2v) is 11.3. The summed E-state index contributed by atoms with van der Waals surface area (Å²) >= 11 is 3.42. The minimum absolute atomic E-state index is 0. The Balaban J connectivity index is 0.00000320. The van der Waals surface area contributed by atoms with E-state index >= 15 is 0 Å². The monoisotopic (exact) mass is 588 g/mol. The number of likely N-dealkylation sites (tertiary alicyclic amines) is 1. The Labute approximate surface area is 232 Å². The number of imide groups is 1. The van der Waals surface area contributed by atoms with Crippen LogP contribution in [0.1, 0.15) is 55.7 Å². The molecule has 1 atom stereocenters. The quantitative estimate of drug-likeness (QED) is 0.412. The van der Waals surface area contributed by atoms with Gasteiger partial charge in [0, 0.05) is 30.5 Å². The second kappa shape index (κ2) is 12.0. The number of carbonyl (C=O) groups is 3. The highest BCUT2D eigenvalue weighted by Gasteiger charge is 2.52. The molecule has 1 saturated carbocycles. The summed E-state index contributed by atoms with van der Waals surface area (Å²) in [6.07, 6.45) is 4.94. The summed E-state index contributed by atoms with van der Waals surface area (Å²) in [5.74, 6) is 0.570. The molecule has 9 heteroatoms. The molecule has 198 valence electrons. The number of amides is 4. The number of urea groups is 1. The first-order valence-corrected chi connectivity index (χ1v) is 13.7. The first-order chi connectivity index (χ1) is 17.4. The van der Waals surface area contributed by atoms with Gasteiger partial charge in [0.2, 0.25) is 5.91 Å². The average molecular weight is 590 g/mol. The molecule has 2 aromatic rings. The predicted molar refractivity (Wildman–Crippen MR) is 148 cm³/mol. The summed E-state index contributed by atoms with van der Waals surface area (Å²) in [7, 11) is 0. The van der Waals surface area contributed by atoms with Gasteiger partial charge in [-0.05, 0) is 61.3 Å². The van der Waals surface area contributed by atoms with E-state index in [1.807, 2.05) is 42.5 Å². The number of nitrogens with one attached hydrogen (secondary N) is 2. The summed E-state index contributed by atoms with van der Waals surface area (Å²) in [5, 5.41) is 6.26. The first-order valence-electron chi connectivity index (χ1n) is 12.9. The number of hydrogen-bond donors (Lipinski definition) is 2. The normalized spacial score (nSPS) is 19.9. The SMILES string of the molecule is Cl.O=C(CC1CC1)N[C@@H](CCN1CCC2(CC1)NC(=O)N(Cc1ccc(Br)cc1)C2=O)c1ccccc1. The molecule has 0 radical (unpaired) electrons. The van der Waals surface area contributed by atoms with Crippen molar-refractivity contribution in [1.29, 1.82) is 0 Å². The van der Waals surface area contributed by atoms with Crippen molar-refractivity contribution in [3.63, 3.8) is 0 Å². The van der Waals surface area contributed by atoms with E-state index in [-0.39, 0.29) is 42.8 Å². The molecule has 1 spiro atoms. The van der Waals surface area contributed by atoms with Gasteiger partial charge >= 0.3 is 6.03 Å². The van der Waals surface area contributed by atoms with E-state index in [0.29, 0.717) is 25.2 Å². The molecule has 0 aromatic heterocycles. The lowest BCUT2D eigenvalue weighted by atomic mass is 9.87. The fourth-order valence-electron chi connectivity index (χ4n) is 5.25. The maximum atomic E-state index is 13.3. The van der Waals surface area contributed by atoms with Gasteiger partial charge in [-0.2, -0.15) is 0 Å². The van der Waals surface area contributed by atoms with Crippen LogP contribution in [0.5, 0.6) is 0 Å². The molecule has 0 bridgehead atoms. The molecule has 0 unspecified atom stereocenters. The van der Waals surface area contributed by atoms with Gasteiger partial charge < -0.3 is 15.5 Å². The summed E-state index contributed by atoms with van der Waals surface area (Å²) in [6.45, 7) is 2.57. The number of carbonyl (C=O) groups excluding carboxylic acids is 3. The molecule has 7 nitrogen and oxygen atoms in total. The van der Waals surface area contributed by atoms with E-state index in [1.165, 1.54) is 4.90 Å². The van der Waals surface area contributed by atoms with Crippen LogP contribution >= 0.6 is 28.3 Å². The van der Waals surface area contributed by atoms with Gasteiger partial charge in [0.25, 0.3) is 5.91 Å². The molecule has 5 rings (SSSR count). The molecule has 3 aliphatic rings. The molecule has 2 heterocycles. The van der Waals surface area contributed by atoms with E-state index in [0.717, 1.165) is 54.5 Å². The van der Waals surface area contributed by atoms with Crippen molar-refractivity contribution in [3.05, 3.63) is 70.2 Å². The first kappa shape index (κ1) is 27.6. The molecule has 2 aliphatic heterocycles. The zero-order chi connectivity index (χ0) is 25.1. The van der Waals surface area contributed by atoms with Crippen LogP contribution in [0.4, 0.5) is 4.79 Å². The zero-order valence-electron chi connectivity index (χ0n) is 20.8. The fraction of sp³-hybridized carbons (Fsp3) is 0.464. The molecule has 2 aromatic carbocycles. The van der Waals surface area contributed by atoms with Crippen LogP contribution in [-0.2, 0) is 16.1 Å². The van der Waals surface area contributed by atoms with Crippen LogP contribution in [0, 0.1) is 5.92 Å². The van der Waals surface area contributed by atoms with Crippen molar-refractivity contribution in [2.45, 2.75) is 56.7 Å². The Morgan fingerprint density at radius 2 is 1.73 bits per heavy atom. The van der Waals surface area contributed by atoms with Crippen LogP contribution in [0.25, 0.3) is 0 Å². The van der Waals surface area contributed by atoms with Crippen molar-refractivity contribution in [3.8, 4) is 0 Å². The van der Waals surface area contributed by atoms with Gasteiger partial charge in [0.15, 0.2) is 0 Å². The maximum absolute atomic E-state index is 13.3. The third-order valence-electron chi connectivity index (χ3n) is 7.65.